The number of benzene rings is 1. The van der Waals surface area contributed by atoms with Gasteiger partial charge in [-0.15, -0.1) is 0 Å². The van der Waals surface area contributed by atoms with E-state index in [0.717, 1.165) is 12.1 Å². The predicted molar refractivity (Wildman–Crippen MR) is 97.1 cm³/mol. The first kappa shape index (κ1) is 17.4. The lowest BCUT2D eigenvalue weighted by atomic mass is 9.97. The van der Waals surface area contributed by atoms with Crippen LogP contribution < -0.4 is 9.64 Å². The van der Waals surface area contributed by atoms with Gasteiger partial charge in [0, 0.05) is 18.3 Å². The van der Waals surface area contributed by atoms with Crippen molar-refractivity contribution >= 4 is 11.6 Å². The normalized spacial score (nSPS) is 16.9. The highest BCUT2D eigenvalue weighted by molar-refractivity contribution is 6.05. The molecule has 1 unspecified atom stereocenters. The van der Waals surface area contributed by atoms with E-state index in [-0.39, 0.29) is 18.1 Å². The van der Waals surface area contributed by atoms with Gasteiger partial charge in [0.2, 0.25) is 5.88 Å². The summed E-state index contributed by atoms with van der Waals surface area (Å²) in [5.41, 5.74) is 2.45. The van der Waals surface area contributed by atoms with Crippen LogP contribution in [0.3, 0.4) is 0 Å². The predicted octanol–water partition coefficient (Wildman–Crippen LogP) is 2.40. The molecule has 132 valence electrons. The lowest BCUT2D eigenvalue weighted by Gasteiger charge is -2.37. The summed E-state index contributed by atoms with van der Waals surface area (Å²) in [5.74, 6) is 0.291. The van der Waals surface area contributed by atoms with Gasteiger partial charge in [0.15, 0.2) is 0 Å². The average molecular weight is 340 g/mol. The fourth-order valence-corrected chi connectivity index (χ4v) is 2.98. The Bertz CT molecular complexity index is 743. The second kappa shape index (κ2) is 7.19. The maximum absolute atomic E-state index is 13.0. The SMILES string of the molecule is CC(C)Oc1cnc(C(=O)N2CC(N(C)C)Cc3ccccc32)cn1. The summed E-state index contributed by atoms with van der Waals surface area (Å²) >= 11 is 0. The topological polar surface area (TPSA) is 58.6 Å². The highest BCUT2D eigenvalue weighted by Gasteiger charge is 2.30. The smallest absolute Gasteiger partial charge is 0.278 e. The molecule has 3 rings (SSSR count). The van der Waals surface area contributed by atoms with Gasteiger partial charge in [-0.2, -0.15) is 0 Å². The van der Waals surface area contributed by atoms with Crippen molar-refractivity contribution in [2.24, 2.45) is 0 Å². The van der Waals surface area contributed by atoms with Gasteiger partial charge in [0.1, 0.15) is 5.69 Å². The number of amides is 1. The van der Waals surface area contributed by atoms with Crippen LogP contribution in [0, 0.1) is 0 Å². The number of hydrogen-bond donors (Lipinski definition) is 0. The van der Waals surface area contributed by atoms with Crippen LogP contribution in [-0.2, 0) is 6.42 Å². The number of fused-ring (bicyclic) bond motifs is 1. The van der Waals surface area contributed by atoms with E-state index in [1.54, 1.807) is 4.90 Å². The van der Waals surface area contributed by atoms with E-state index >= 15 is 0 Å². The first-order valence-corrected chi connectivity index (χ1v) is 8.50. The van der Waals surface area contributed by atoms with Gasteiger partial charge in [-0.05, 0) is 46.0 Å². The third-order valence-electron chi connectivity index (χ3n) is 4.31. The third-order valence-corrected chi connectivity index (χ3v) is 4.31. The van der Waals surface area contributed by atoms with Crippen LogP contribution in [0.4, 0.5) is 5.69 Å². The van der Waals surface area contributed by atoms with Crippen LogP contribution in [-0.4, -0.2) is 53.6 Å². The number of nitrogens with zero attached hydrogens (tertiary/aromatic N) is 4. The molecular formula is C19H24N4O2. The average Bonchev–Trinajstić information content (AvgIpc) is 2.60. The number of carbonyl (C=O) groups is 1. The molecule has 0 aliphatic carbocycles. The summed E-state index contributed by atoms with van der Waals surface area (Å²) in [6.45, 7) is 4.48. The Balaban J connectivity index is 1.87. The minimum Gasteiger partial charge on any atom is -0.474 e. The molecule has 1 aromatic heterocycles. The lowest BCUT2D eigenvalue weighted by molar-refractivity contribution is 0.0970. The maximum Gasteiger partial charge on any atom is 0.278 e. The van der Waals surface area contributed by atoms with E-state index in [9.17, 15) is 4.79 Å². The summed E-state index contributed by atoms with van der Waals surface area (Å²) in [7, 11) is 4.08. The van der Waals surface area contributed by atoms with Crippen molar-refractivity contribution in [3.63, 3.8) is 0 Å². The minimum atomic E-state index is -0.136. The number of ether oxygens (including phenoxy) is 1. The van der Waals surface area contributed by atoms with Crippen LogP contribution in [0.25, 0.3) is 0 Å². The highest BCUT2D eigenvalue weighted by atomic mass is 16.5. The van der Waals surface area contributed by atoms with E-state index in [2.05, 4.69) is 20.9 Å². The Morgan fingerprint density at radius 1 is 1.24 bits per heavy atom. The van der Waals surface area contributed by atoms with Crippen LogP contribution in [0.2, 0.25) is 0 Å². The summed E-state index contributed by atoms with van der Waals surface area (Å²) in [4.78, 5) is 25.4. The molecule has 0 fully saturated rings. The number of likely N-dealkylation sites (N-methyl/N-ethyl adjacent to an activating group) is 1. The number of para-hydroxylation sites is 1. The summed E-state index contributed by atoms with van der Waals surface area (Å²) in [6, 6.07) is 8.31. The van der Waals surface area contributed by atoms with E-state index in [1.165, 1.54) is 18.0 Å². The third kappa shape index (κ3) is 3.79. The fourth-order valence-electron chi connectivity index (χ4n) is 2.98. The van der Waals surface area contributed by atoms with Crippen molar-refractivity contribution in [3.05, 3.63) is 47.9 Å². The molecule has 2 heterocycles. The minimum absolute atomic E-state index is 0.0191. The molecule has 6 heteroatoms. The largest absolute Gasteiger partial charge is 0.474 e. The van der Waals surface area contributed by atoms with Gasteiger partial charge < -0.3 is 14.5 Å². The Morgan fingerprint density at radius 2 is 2.00 bits per heavy atom. The van der Waals surface area contributed by atoms with Crippen molar-refractivity contribution in [1.29, 1.82) is 0 Å². The molecule has 1 aliphatic heterocycles. The number of aromatic nitrogens is 2. The Hall–Kier alpha value is -2.47. The summed E-state index contributed by atoms with van der Waals surface area (Å²) < 4.78 is 5.49. The molecule has 0 saturated heterocycles. The molecule has 6 nitrogen and oxygen atoms in total. The molecule has 0 bridgehead atoms. The zero-order chi connectivity index (χ0) is 18.0. The first-order chi connectivity index (χ1) is 12.0. The molecule has 2 aromatic rings. The van der Waals surface area contributed by atoms with E-state index < -0.39 is 0 Å². The van der Waals surface area contributed by atoms with Crippen LogP contribution in [0.1, 0.15) is 29.9 Å². The monoisotopic (exact) mass is 340 g/mol. The Kier molecular flexibility index (Phi) is 4.99. The molecule has 0 N–H and O–H groups in total. The second-order valence-electron chi connectivity index (χ2n) is 6.77. The van der Waals surface area contributed by atoms with E-state index in [4.69, 9.17) is 4.74 Å². The van der Waals surface area contributed by atoms with Gasteiger partial charge in [0.25, 0.3) is 5.91 Å². The zero-order valence-electron chi connectivity index (χ0n) is 15.1. The van der Waals surface area contributed by atoms with E-state index in [1.807, 2.05) is 46.1 Å². The Morgan fingerprint density at radius 3 is 2.64 bits per heavy atom. The highest BCUT2D eigenvalue weighted by Crippen LogP contribution is 2.29. The molecular weight excluding hydrogens is 316 g/mol. The van der Waals surface area contributed by atoms with Gasteiger partial charge in [-0.3, -0.25) is 4.79 Å². The molecule has 1 amide bonds. The molecule has 1 aliphatic rings. The fraction of sp³-hybridized carbons (Fsp3) is 0.421. The molecule has 1 aromatic carbocycles. The van der Waals surface area contributed by atoms with Gasteiger partial charge in [-0.25, -0.2) is 9.97 Å². The van der Waals surface area contributed by atoms with Crippen LogP contribution in [0.15, 0.2) is 36.7 Å². The Labute approximate surface area is 148 Å². The molecule has 0 radical (unpaired) electrons. The van der Waals surface area contributed by atoms with Crippen molar-refractivity contribution in [3.8, 4) is 5.88 Å². The van der Waals surface area contributed by atoms with Crippen molar-refractivity contribution in [1.82, 2.24) is 14.9 Å². The number of anilines is 1. The summed E-state index contributed by atoms with van der Waals surface area (Å²) in [5, 5.41) is 0. The molecule has 0 saturated carbocycles. The summed E-state index contributed by atoms with van der Waals surface area (Å²) in [6.07, 6.45) is 3.94. The lowest BCUT2D eigenvalue weighted by Crippen LogP contribution is -2.48. The van der Waals surface area contributed by atoms with Gasteiger partial charge >= 0.3 is 0 Å². The molecule has 1 atom stereocenters. The maximum atomic E-state index is 13.0. The second-order valence-corrected chi connectivity index (χ2v) is 6.77. The number of carbonyl (C=O) groups excluding carboxylic acids is 1. The molecule has 0 spiro atoms. The van der Waals surface area contributed by atoms with Crippen molar-refractivity contribution in [2.75, 3.05) is 25.5 Å². The van der Waals surface area contributed by atoms with Crippen molar-refractivity contribution < 1.29 is 9.53 Å². The van der Waals surface area contributed by atoms with Crippen molar-refractivity contribution in [2.45, 2.75) is 32.4 Å². The number of hydrogen-bond acceptors (Lipinski definition) is 5. The number of rotatable bonds is 4. The van der Waals surface area contributed by atoms with Crippen LogP contribution in [0.5, 0.6) is 5.88 Å². The van der Waals surface area contributed by atoms with Gasteiger partial charge in [0.05, 0.1) is 18.5 Å². The first-order valence-electron chi connectivity index (χ1n) is 8.50. The quantitative estimate of drug-likeness (QED) is 0.855. The van der Waals surface area contributed by atoms with Gasteiger partial charge in [-0.1, -0.05) is 18.2 Å². The van der Waals surface area contributed by atoms with Crippen LogP contribution >= 0.6 is 0 Å². The standard InChI is InChI=1S/C19H24N4O2/c1-13(2)25-18-11-20-16(10-21-18)19(24)23-12-15(22(3)4)9-14-7-5-6-8-17(14)23/h5-8,10-11,13,15H,9,12H2,1-4H3. The zero-order valence-corrected chi connectivity index (χ0v) is 15.1. The van der Waals surface area contributed by atoms with E-state index in [0.29, 0.717) is 18.1 Å². The molecule has 25 heavy (non-hydrogen) atoms.